The minimum atomic E-state index is -3.50. The van der Waals surface area contributed by atoms with Crippen LogP contribution in [0, 0.1) is 0 Å². The molecule has 1 heterocycles. The Bertz CT molecular complexity index is 997. The summed E-state index contributed by atoms with van der Waals surface area (Å²) >= 11 is 0. The van der Waals surface area contributed by atoms with Crippen molar-refractivity contribution in [3.05, 3.63) is 60.5 Å². The molecule has 0 aliphatic heterocycles. The van der Waals surface area contributed by atoms with E-state index < -0.39 is 15.7 Å². The van der Waals surface area contributed by atoms with E-state index in [1.54, 1.807) is 43.3 Å². The second-order valence-corrected chi connectivity index (χ2v) is 7.67. The first-order valence-corrected chi connectivity index (χ1v) is 9.66. The fraction of sp³-hybridized carbons (Fsp3) is 0.167. The molecule has 0 saturated carbocycles. The summed E-state index contributed by atoms with van der Waals surface area (Å²) in [6, 6.07) is 13.0. The van der Waals surface area contributed by atoms with Crippen molar-refractivity contribution < 1.29 is 17.6 Å². The maximum atomic E-state index is 12.6. The van der Waals surface area contributed by atoms with Crippen LogP contribution in [0.1, 0.15) is 23.7 Å². The highest BCUT2D eigenvalue weighted by atomic mass is 32.2. The van der Waals surface area contributed by atoms with Crippen LogP contribution in [-0.2, 0) is 9.84 Å². The molecule has 3 rings (SSSR count). The molecule has 2 aromatic carbocycles. The molecule has 1 N–H and O–H groups in total. The summed E-state index contributed by atoms with van der Waals surface area (Å²) in [4.78, 5) is 12.6. The molecule has 3 aromatic rings. The van der Waals surface area contributed by atoms with Crippen molar-refractivity contribution in [1.82, 2.24) is 10.2 Å². The molecule has 8 heteroatoms. The summed E-state index contributed by atoms with van der Waals surface area (Å²) < 4.78 is 29.9. The number of nitrogens with one attached hydrogen (secondary N) is 1. The van der Waals surface area contributed by atoms with Crippen molar-refractivity contribution >= 4 is 21.4 Å². The van der Waals surface area contributed by atoms with E-state index in [1.807, 2.05) is 0 Å². The highest BCUT2D eigenvalue weighted by Gasteiger charge is 2.21. The van der Waals surface area contributed by atoms with Gasteiger partial charge in [-0.15, -0.1) is 10.2 Å². The Kier molecular flexibility index (Phi) is 5.13. The van der Waals surface area contributed by atoms with Crippen LogP contribution >= 0.6 is 0 Å². The smallest absolute Gasteiger partial charge is 0.256 e. The molecule has 0 aliphatic rings. The van der Waals surface area contributed by atoms with Crippen LogP contribution in [0.25, 0.3) is 11.5 Å². The Morgan fingerprint density at radius 2 is 1.85 bits per heavy atom. The molecule has 0 unspecified atom stereocenters. The number of nitrogens with zero attached hydrogens (tertiary/aromatic N) is 2. The lowest BCUT2D eigenvalue weighted by molar-refractivity contribution is 0.102. The standard InChI is InChI=1S/C18H17N3O4S/c1-2-11-26(23,24)16-6-4-3-5-15(16)17(22)20-14-9-7-13(8-10-14)18-21-19-12-25-18/h3-10,12H,2,11H2,1H3,(H,20,22). The maximum absolute atomic E-state index is 12.6. The average molecular weight is 371 g/mol. The predicted molar refractivity (Wildman–Crippen MR) is 96.5 cm³/mol. The van der Waals surface area contributed by atoms with Gasteiger partial charge >= 0.3 is 0 Å². The lowest BCUT2D eigenvalue weighted by Crippen LogP contribution is -2.17. The van der Waals surface area contributed by atoms with Gasteiger partial charge in [-0.05, 0) is 42.8 Å². The van der Waals surface area contributed by atoms with Crippen LogP contribution in [0.3, 0.4) is 0 Å². The quantitative estimate of drug-likeness (QED) is 0.714. The van der Waals surface area contributed by atoms with Gasteiger partial charge in [0.1, 0.15) is 0 Å². The lowest BCUT2D eigenvalue weighted by atomic mass is 10.2. The number of carbonyl (C=O) groups is 1. The van der Waals surface area contributed by atoms with Crippen LogP contribution in [-0.4, -0.2) is 30.3 Å². The molecule has 7 nitrogen and oxygen atoms in total. The van der Waals surface area contributed by atoms with Crippen molar-refractivity contribution in [2.75, 3.05) is 11.1 Å². The molecule has 26 heavy (non-hydrogen) atoms. The molecular formula is C18H17N3O4S. The third-order valence-corrected chi connectivity index (χ3v) is 5.66. The van der Waals surface area contributed by atoms with Crippen LogP contribution in [0.15, 0.2) is 64.2 Å². The summed E-state index contributed by atoms with van der Waals surface area (Å²) in [6.45, 7) is 1.78. The van der Waals surface area contributed by atoms with Crippen molar-refractivity contribution in [2.24, 2.45) is 0 Å². The second-order valence-electron chi connectivity index (χ2n) is 5.59. The highest BCUT2D eigenvalue weighted by molar-refractivity contribution is 7.91. The van der Waals surface area contributed by atoms with Gasteiger partial charge in [0.2, 0.25) is 12.3 Å². The van der Waals surface area contributed by atoms with E-state index in [1.165, 1.54) is 18.5 Å². The number of rotatable bonds is 6. The first-order valence-electron chi connectivity index (χ1n) is 8.01. The van der Waals surface area contributed by atoms with Gasteiger partial charge in [0.05, 0.1) is 16.2 Å². The largest absolute Gasteiger partial charge is 0.423 e. The van der Waals surface area contributed by atoms with Crippen molar-refractivity contribution in [3.8, 4) is 11.5 Å². The SMILES string of the molecule is CCCS(=O)(=O)c1ccccc1C(=O)Nc1ccc(-c2nnco2)cc1. The molecule has 134 valence electrons. The molecule has 0 aliphatic carbocycles. The lowest BCUT2D eigenvalue weighted by Gasteiger charge is -2.10. The fourth-order valence-electron chi connectivity index (χ4n) is 2.50. The van der Waals surface area contributed by atoms with Gasteiger partial charge < -0.3 is 9.73 Å². The van der Waals surface area contributed by atoms with Crippen LogP contribution in [0.5, 0.6) is 0 Å². The zero-order valence-corrected chi connectivity index (χ0v) is 14.9. The first kappa shape index (κ1) is 17.8. The van der Waals surface area contributed by atoms with E-state index in [9.17, 15) is 13.2 Å². The van der Waals surface area contributed by atoms with Gasteiger partial charge in [-0.25, -0.2) is 8.42 Å². The van der Waals surface area contributed by atoms with E-state index in [0.717, 1.165) is 0 Å². The summed E-state index contributed by atoms with van der Waals surface area (Å²) in [5, 5.41) is 10.1. The van der Waals surface area contributed by atoms with E-state index in [0.29, 0.717) is 23.6 Å². The zero-order valence-electron chi connectivity index (χ0n) is 14.0. The van der Waals surface area contributed by atoms with E-state index in [4.69, 9.17) is 4.42 Å². The highest BCUT2D eigenvalue weighted by Crippen LogP contribution is 2.22. The Morgan fingerprint density at radius 1 is 1.12 bits per heavy atom. The monoisotopic (exact) mass is 371 g/mol. The van der Waals surface area contributed by atoms with E-state index in [-0.39, 0.29) is 16.2 Å². The molecule has 0 spiro atoms. The normalized spacial score (nSPS) is 11.3. The Hall–Kier alpha value is -3.00. The molecule has 0 radical (unpaired) electrons. The van der Waals surface area contributed by atoms with Crippen LogP contribution < -0.4 is 5.32 Å². The molecule has 0 atom stereocenters. The van der Waals surface area contributed by atoms with Gasteiger partial charge in [-0.1, -0.05) is 19.1 Å². The van der Waals surface area contributed by atoms with E-state index >= 15 is 0 Å². The number of hydrogen-bond donors (Lipinski definition) is 1. The number of benzene rings is 2. The summed E-state index contributed by atoms with van der Waals surface area (Å²) in [5.41, 5.74) is 1.37. The third-order valence-electron chi connectivity index (χ3n) is 3.69. The van der Waals surface area contributed by atoms with Crippen molar-refractivity contribution in [3.63, 3.8) is 0 Å². The van der Waals surface area contributed by atoms with Gasteiger partial charge in [0, 0.05) is 11.3 Å². The molecule has 0 saturated heterocycles. The van der Waals surface area contributed by atoms with E-state index in [2.05, 4.69) is 15.5 Å². The van der Waals surface area contributed by atoms with Crippen molar-refractivity contribution in [2.45, 2.75) is 18.2 Å². The summed E-state index contributed by atoms with van der Waals surface area (Å²) in [6.07, 6.45) is 1.72. The molecule has 0 fully saturated rings. The van der Waals surface area contributed by atoms with Crippen LogP contribution in [0.2, 0.25) is 0 Å². The number of anilines is 1. The maximum Gasteiger partial charge on any atom is 0.256 e. The Morgan fingerprint density at radius 3 is 2.50 bits per heavy atom. The van der Waals surface area contributed by atoms with Gasteiger partial charge in [0.15, 0.2) is 9.84 Å². The fourth-order valence-corrected chi connectivity index (χ4v) is 4.04. The molecule has 0 bridgehead atoms. The number of carbonyl (C=O) groups excluding carboxylic acids is 1. The second kappa shape index (κ2) is 7.49. The van der Waals surface area contributed by atoms with Crippen molar-refractivity contribution in [1.29, 1.82) is 0 Å². The van der Waals surface area contributed by atoms with Crippen LogP contribution in [0.4, 0.5) is 5.69 Å². The topological polar surface area (TPSA) is 102 Å². The van der Waals surface area contributed by atoms with Gasteiger partial charge in [-0.3, -0.25) is 4.79 Å². The Labute approximate surface area is 151 Å². The molecule has 1 aromatic heterocycles. The van der Waals surface area contributed by atoms with Gasteiger partial charge in [0.25, 0.3) is 5.91 Å². The number of aromatic nitrogens is 2. The zero-order chi connectivity index (χ0) is 18.6. The summed E-state index contributed by atoms with van der Waals surface area (Å²) in [7, 11) is -3.50. The number of amides is 1. The summed E-state index contributed by atoms with van der Waals surface area (Å²) in [5.74, 6) is -0.111. The Balaban J connectivity index is 1.83. The predicted octanol–water partition coefficient (Wildman–Crippen LogP) is 3.17. The molecular weight excluding hydrogens is 354 g/mol. The minimum absolute atomic E-state index is 0.00380. The minimum Gasteiger partial charge on any atom is -0.423 e. The number of hydrogen-bond acceptors (Lipinski definition) is 6. The molecule has 1 amide bonds. The first-order chi connectivity index (χ1) is 12.5. The van der Waals surface area contributed by atoms with Gasteiger partial charge in [-0.2, -0.15) is 0 Å². The third kappa shape index (κ3) is 3.80. The average Bonchev–Trinajstić information content (AvgIpc) is 3.17. The number of sulfone groups is 1.